The Balaban J connectivity index is 1.84. The molecule has 1 aliphatic heterocycles. The number of H-pyrrole nitrogens is 1. The Morgan fingerprint density at radius 3 is 2.50 bits per heavy atom. The summed E-state index contributed by atoms with van der Waals surface area (Å²) in [4.78, 5) is 3.61. The lowest BCUT2D eigenvalue weighted by atomic mass is 9.93. The molecule has 0 fully saturated rings. The van der Waals surface area contributed by atoms with Gasteiger partial charge in [0.15, 0.2) is 0 Å². The monoisotopic (exact) mass is 262 g/mol. The molecular weight excluding hydrogens is 244 g/mol. The number of aryl methyl sites for hydroxylation is 1. The van der Waals surface area contributed by atoms with Gasteiger partial charge in [-0.05, 0) is 30.2 Å². The summed E-state index contributed by atoms with van der Waals surface area (Å²) in [5.41, 5.74) is 6.58. The molecule has 20 heavy (non-hydrogen) atoms. The lowest BCUT2D eigenvalue weighted by Gasteiger charge is -2.16. The molecular formula is C18H18N2. The fourth-order valence-electron chi connectivity index (χ4n) is 3.43. The van der Waals surface area contributed by atoms with Crippen molar-refractivity contribution in [1.82, 2.24) is 4.98 Å². The number of hydrogen-bond donors (Lipinski definition) is 2. The molecule has 0 unspecified atom stereocenters. The van der Waals surface area contributed by atoms with Crippen LogP contribution in [0.2, 0.25) is 0 Å². The summed E-state index contributed by atoms with van der Waals surface area (Å²) < 4.78 is 0. The molecule has 1 aromatic heterocycles. The van der Waals surface area contributed by atoms with E-state index in [1.807, 2.05) is 0 Å². The summed E-state index contributed by atoms with van der Waals surface area (Å²) in [6, 6.07) is 17.5. The average molecular weight is 262 g/mol. The normalized spacial score (nSPS) is 20.9. The molecule has 2 aromatic carbocycles. The van der Waals surface area contributed by atoms with Gasteiger partial charge in [0.1, 0.15) is 0 Å². The molecule has 2 N–H and O–H groups in total. The van der Waals surface area contributed by atoms with E-state index in [9.17, 15) is 0 Å². The van der Waals surface area contributed by atoms with E-state index in [2.05, 4.69) is 72.7 Å². The lowest BCUT2D eigenvalue weighted by Crippen LogP contribution is -2.10. The van der Waals surface area contributed by atoms with Gasteiger partial charge in [-0.15, -0.1) is 0 Å². The summed E-state index contributed by atoms with van der Waals surface area (Å²) in [5.74, 6) is 0.484. The van der Waals surface area contributed by atoms with Crippen molar-refractivity contribution in [2.75, 3.05) is 5.32 Å². The Morgan fingerprint density at radius 1 is 0.950 bits per heavy atom. The molecule has 100 valence electrons. The number of nitrogens with one attached hydrogen (secondary N) is 2. The van der Waals surface area contributed by atoms with Crippen LogP contribution in [0.15, 0.2) is 48.5 Å². The van der Waals surface area contributed by atoms with Gasteiger partial charge in [-0.2, -0.15) is 0 Å². The number of aromatic amines is 1. The fraction of sp³-hybridized carbons (Fsp3) is 0.222. The van der Waals surface area contributed by atoms with Crippen LogP contribution in [0, 0.1) is 6.92 Å². The van der Waals surface area contributed by atoms with Crippen molar-refractivity contribution >= 4 is 16.6 Å². The molecule has 0 aliphatic carbocycles. The Hall–Kier alpha value is -2.22. The maximum Gasteiger partial charge on any atom is 0.0732 e. The average Bonchev–Trinajstić information content (AvgIpc) is 2.98. The van der Waals surface area contributed by atoms with Gasteiger partial charge in [-0.3, -0.25) is 0 Å². The van der Waals surface area contributed by atoms with Gasteiger partial charge in [0.25, 0.3) is 0 Å². The first-order valence-electron chi connectivity index (χ1n) is 7.18. The molecule has 2 nitrogen and oxygen atoms in total. The van der Waals surface area contributed by atoms with Crippen LogP contribution in [-0.4, -0.2) is 4.98 Å². The highest BCUT2D eigenvalue weighted by molar-refractivity contribution is 5.85. The predicted octanol–water partition coefficient (Wildman–Crippen LogP) is 4.75. The van der Waals surface area contributed by atoms with Gasteiger partial charge in [0.05, 0.1) is 6.04 Å². The minimum absolute atomic E-state index is 0.333. The molecule has 0 spiro atoms. The SMILES string of the molecule is Cc1c([C@H]2Nc3ccccc3[C@H]2C)[nH]c2ccccc12. The Labute approximate surface area is 118 Å². The Bertz CT molecular complexity index is 785. The van der Waals surface area contributed by atoms with Gasteiger partial charge in [0.2, 0.25) is 0 Å². The number of fused-ring (bicyclic) bond motifs is 2. The van der Waals surface area contributed by atoms with E-state index in [1.54, 1.807) is 0 Å². The van der Waals surface area contributed by atoms with Crippen molar-refractivity contribution in [3.8, 4) is 0 Å². The number of anilines is 1. The summed E-state index contributed by atoms with van der Waals surface area (Å²) >= 11 is 0. The number of aromatic nitrogens is 1. The van der Waals surface area contributed by atoms with Crippen molar-refractivity contribution in [2.24, 2.45) is 0 Å². The topological polar surface area (TPSA) is 27.8 Å². The second-order valence-electron chi connectivity index (χ2n) is 5.71. The van der Waals surface area contributed by atoms with Crippen LogP contribution in [0.3, 0.4) is 0 Å². The van der Waals surface area contributed by atoms with Crippen molar-refractivity contribution in [3.63, 3.8) is 0 Å². The smallest absolute Gasteiger partial charge is 0.0732 e. The highest BCUT2D eigenvalue weighted by Gasteiger charge is 2.31. The molecule has 1 aliphatic rings. The van der Waals surface area contributed by atoms with Crippen LogP contribution in [0.1, 0.15) is 35.7 Å². The summed E-state index contributed by atoms with van der Waals surface area (Å²) in [7, 11) is 0. The molecule has 0 saturated heterocycles. The molecule has 0 saturated carbocycles. The number of hydrogen-bond acceptors (Lipinski definition) is 1. The molecule has 3 aromatic rings. The summed E-state index contributed by atoms with van der Waals surface area (Å²) in [6.45, 7) is 4.51. The molecule has 0 bridgehead atoms. The van der Waals surface area contributed by atoms with Crippen molar-refractivity contribution in [1.29, 1.82) is 0 Å². The van der Waals surface area contributed by atoms with E-state index in [0.717, 1.165) is 0 Å². The number of benzene rings is 2. The third-order valence-corrected chi connectivity index (χ3v) is 4.58. The van der Waals surface area contributed by atoms with Gasteiger partial charge in [-0.1, -0.05) is 43.3 Å². The van der Waals surface area contributed by atoms with Crippen LogP contribution in [0.25, 0.3) is 10.9 Å². The molecule has 2 heterocycles. The van der Waals surface area contributed by atoms with Crippen LogP contribution in [-0.2, 0) is 0 Å². The van der Waals surface area contributed by atoms with Crippen LogP contribution >= 0.6 is 0 Å². The quantitative estimate of drug-likeness (QED) is 0.651. The van der Waals surface area contributed by atoms with Crippen LogP contribution in [0.5, 0.6) is 0 Å². The van der Waals surface area contributed by atoms with Gasteiger partial charge in [-0.25, -0.2) is 0 Å². The minimum Gasteiger partial charge on any atom is -0.376 e. The molecule has 2 heteroatoms. The Kier molecular flexibility index (Phi) is 2.40. The van der Waals surface area contributed by atoms with Gasteiger partial charge < -0.3 is 10.3 Å². The van der Waals surface area contributed by atoms with Crippen molar-refractivity contribution in [3.05, 3.63) is 65.4 Å². The maximum absolute atomic E-state index is 3.67. The zero-order chi connectivity index (χ0) is 13.7. The van der Waals surface area contributed by atoms with E-state index in [-0.39, 0.29) is 0 Å². The number of rotatable bonds is 1. The zero-order valence-electron chi connectivity index (χ0n) is 11.8. The number of para-hydroxylation sites is 2. The zero-order valence-corrected chi connectivity index (χ0v) is 11.8. The van der Waals surface area contributed by atoms with Gasteiger partial charge >= 0.3 is 0 Å². The molecule has 0 amide bonds. The highest BCUT2D eigenvalue weighted by atomic mass is 15.0. The standard InChI is InChI=1S/C18H18N2/c1-11-13-7-3-5-9-15(13)19-17(11)18-12(2)14-8-4-6-10-16(14)20-18/h3-11,17,19-20H,1-2H3/t11-,17+/m1/s1. The summed E-state index contributed by atoms with van der Waals surface area (Å²) in [6.07, 6.45) is 0. The molecule has 0 radical (unpaired) electrons. The van der Waals surface area contributed by atoms with Crippen molar-refractivity contribution in [2.45, 2.75) is 25.8 Å². The fourth-order valence-corrected chi connectivity index (χ4v) is 3.43. The highest BCUT2D eigenvalue weighted by Crippen LogP contribution is 2.44. The Morgan fingerprint density at radius 2 is 1.70 bits per heavy atom. The largest absolute Gasteiger partial charge is 0.376 e. The lowest BCUT2D eigenvalue weighted by molar-refractivity contribution is 0.659. The van der Waals surface area contributed by atoms with E-state index in [0.29, 0.717) is 12.0 Å². The first-order chi connectivity index (χ1) is 9.75. The minimum atomic E-state index is 0.333. The van der Waals surface area contributed by atoms with E-state index < -0.39 is 0 Å². The van der Waals surface area contributed by atoms with Crippen molar-refractivity contribution < 1.29 is 0 Å². The first kappa shape index (κ1) is 11.6. The third-order valence-electron chi connectivity index (χ3n) is 4.58. The van der Waals surface area contributed by atoms with E-state index >= 15 is 0 Å². The second kappa shape index (κ2) is 4.14. The second-order valence-corrected chi connectivity index (χ2v) is 5.71. The molecule has 4 rings (SSSR count). The molecule has 2 atom stereocenters. The van der Waals surface area contributed by atoms with Crippen LogP contribution in [0.4, 0.5) is 5.69 Å². The van der Waals surface area contributed by atoms with Crippen LogP contribution < -0.4 is 5.32 Å². The van der Waals surface area contributed by atoms with E-state index in [1.165, 1.54) is 33.4 Å². The first-order valence-corrected chi connectivity index (χ1v) is 7.18. The predicted molar refractivity (Wildman–Crippen MR) is 84.3 cm³/mol. The third kappa shape index (κ3) is 1.51. The maximum atomic E-state index is 3.67. The summed E-state index contributed by atoms with van der Waals surface area (Å²) in [5, 5.41) is 5.00. The van der Waals surface area contributed by atoms with E-state index in [4.69, 9.17) is 0 Å². The van der Waals surface area contributed by atoms with Gasteiger partial charge in [0, 0.05) is 28.2 Å².